The maximum atomic E-state index is 13.2. The Morgan fingerprint density at radius 1 is 0.893 bits per heavy atom. The van der Waals surface area contributed by atoms with Crippen molar-refractivity contribution in [1.29, 1.82) is 0 Å². The van der Waals surface area contributed by atoms with E-state index in [9.17, 15) is 4.79 Å². The molecule has 0 atom stereocenters. The fourth-order valence-electron chi connectivity index (χ4n) is 3.58. The summed E-state index contributed by atoms with van der Waals surface area (Å²) in [5, 5.41) is 0.880. The van der Waals surface area contributed by atoms with Gasteiger partial charge in [0.2, 0.25) is 0 Å². The van der Waals surface area contributed by atoms with Crippen molar-refractivity contribution in [3.05, 3.63) is 84.1 Å². The lowest BCUT2D eigenvalue weighted by molar-refractivity contribution is 0.0991. The van der Waals surface area contributed by atoms with Gasteiger partial charge in [-0.15, -0.1) is 0 Å². The molecule has 28 heavy (non-hydrogen) atoms. The van der Waals surface area contributed by atoms with E-state index < -0.39 is 0 Å². The minimum absolute atomic E-state index is 0.00263. The van der Waals surface area contributed by atoms with Gasteiger partial charge in [-0.2, -0.15) is 0 Å². The third-order valence-corrected chi connectivity index (χ3v) is 4.90. The zero-order chi connectivity index (χ0) is 19.5. The van der Waals surface area contributed by atoms with Crippen molar-refractivity contribution in [2.45, 2.75) is 6.42 Å². The Hall–Kier alpha value is -3.53. The van der Waals surface area contributed by atoms with Crippen molar-refractivity contribution in [1.82, 2.24) is 4.98 Å². The van der Waals surface area contributed by atoms with Crippen molar-refractivity contribution in [2.75, 3.05) is 14.2 Å². The van der Waals surface area contributed by atoms with E-state index in [1.807, 2.05) is 66.9 Å². The number of benzene rings is 3. The van der Waals surface area contributed by atoms with Gasteiger partial charge in [-0.05, 0) is 11.1 Å². The van der Waals surface area contributed by atoms with Crippen LogP contribution in [0.25, 0.3) is 22.0 Å². The summed E-state index contributed by atoms with van der Waals surface area (Å²) in [5.74, 6) is 1.17. The van der Waals surface area contributed by atoms with Crippen molar-refractivity contribution in [2.24, 2.45) is 0 Å². The summed E-state index contributed by atoms with van der Waals surface area (Å²) in [5.41, 5.74) is 4.29. The molecule has 0 radical (unpaired) electrons. The average Bonchev–Trinajstić information content (AvgIpc) is 3.18. The Morgan fingerprint density at radius 2 is 1.54 bits per heavy atom. The van der Waals surface area contributed by atoms with Crippen molar-refractivity contribution in [3.63, 3.8) is 0 Å². The Bertz CT molecular complexity index is 1120. The van der Waals surface area contributed by atoms with Crippen molar-refractivity contribution in [3.8, 4) is 22.6 Å². The Kier molecular flexibility index (Phi) is 4.85. The number of H-pyrrole nitrogens is 1. The van der Waals surface area contributed by atoms with Crippen LogP contribution in [0.1, 0.15) is 15.9 Å². The summed E-state index contributed by atoms with van der Waals surface area (Å²) < 4.78 is 11.2. The molecule has 0 saturated heterocycles. The van der Waals surface area contributed by atoms with Crippen molar-refractivity contribution >= 4 is 16.7 Å². The molecule has 0 unspecified atom stereocenters. The number of hydrogen-bond acceptors (Lipinski definition) is 3. The van der Waals surface area contributed by atoms with Crippen LogP contribution in [0.4, 0.5) is 0 Å². The summed E-state index contributed by atoms with van der Waals surface area (Å²) >= 11 is 0. The fourth-order valence-corrected chi connectivity index (χ4v) is 3.58. The molecule has 4 heteroatoms. The second-order valence-electron chi connectivity index (χ2n) is 6.56. The third-order valence-electron chi connectivity index (χ3n) is 4.90. The first kappa shape index (κ1) is 17.9. The molecule has 1 heterocycles. The molecule has 0 aliphatic heterocycles. The molecule has 4 aromatic rings. The summed E-state index contributed by atoms with van der Waals surface area (Å²) in [6.45, 7) is 0. The molecule has 1 aromatic heterocycles. The zero-order valence-electron chi connectivity index (χ0n) is 15.9. The summed E-state index contributed by atoms with van der Waals surface area (Å²) in [6, 6.07) is 21.6. The topological polar surface area (TPSA) is 51.3 Å². The van der Waals surface area contributed by atoms with Gasteiger partial charge >= 0.3 is 0 Å². The molecular formula is C24H21NO3. The molecular weight excluding hydrogens is 350 g/mol. The Labute approximate surface area is 163 Å². The summed E-state index contributed by atoms with van der Waals surface area (Å²) in [6.07, 6.45) is 2.22. The lowest BCUT2D eigenvalue weighted by Crippen LogP contribution is -2.07. The molecule has 3 aromatic carbocycles. The van der Waals surface area contributed by atoms with Crippen LogP contribution in [-0.4, -0.2) is 25.0 Å². The van der Waals surface area contributed by atoms with Crippen molar-refractivity contribution < 1.29 is 14.3 Å². The van der Waals surface area contributed by atoms with E-state index in [1.54, 1.807) is 20.3 Å². The predicted octanol–water partition coefficient (Wildman–Crippen LogP) is 5.28. The van der Waals surface area contributed by atoms with E-state index in [-0.39, 0.29) is 5.78 Å². The van der Waals surface area contributed by atoms with Crippen LogP contribution in [0.3, 0.4) is 0 Å². The smallest absolute Gasteiger partial charge is 0.173 e. The number of nitrogens with one attached hydrogen (secondary N) is 1. The predicted molar refractivity (Wildman–Crippen MR) is 111 cm³/mol. The molecule has 0 aliphatic carbocycles. The maximum Gasteiger partial charge on any atom is 0.173 e. The molecule has 0 bridgehead atoms. The van der Waals surface area contributed by atoms with Crippen LogP contribution < -0.4 is 9.47 Å². The first-order valence-electron chi connectivity index (χ1n) is 9.11. The number of methoxy groups -OCH3 is 2. The number of rotatable bonds is 6. The van der Waals surface area contributed by atoms with Gasteiger partial charge in [0.25, 0.3) is 0 Å². The molecule has 1 N–H and O–H groups in total. The van der Waals surface area contributed by atoms with Crippen LogP contribution in [0, 0.1) is 0 Å². The SMILES string of the molecule is COc1cc(OC)c2c(-c3ccccc3)c[nH]c2c1C(=O)Cc1ccccc1. The lowest BCUT2D eigenvalue weighted by Gasteiger charge is -2.13. The number of ketones is 1. The Balaban J connectivity index is 1.90. The third kappa shape index (κ3) is 3.14. The fraction of sp³-hybridized carbons (Fsp3) is 0.125. The van der Waals surface area contributed by atoms with Gasteiger partial charge in [0.15, 0.2) is 5.78 Å². The number of fused-ring (bicyclic) bond motifs is 1. The van der Waals surface area contributed by atoms with Crippen LogP contribution in [0.5, 0.6) is 11.5 Å². The van der Waals surface area contributed by atoms with Gasteiger partial charge in [0.1, 0.15) is 11.5 Å². The second-order valence-corrected chi connectivity index (χ2v) is 6.56. The molecule has 0 amide bonds. The number of carbonyl (C=O) groups excluding carboxylic acids is 1. The molecule has 0 spiro atoms. The monoisotopic (exact) mass is 371 g/mol. The highest BCUT2D eigenvalue weighted by Crippen LogP contribution is 2.41. The van der Waals surface area contributed by atoms with Gasteiger partial charge in [-0.25, -0.2) is 0 Å². The van der Waals surface area contributed by atoms with Crippen LogP contribution in [-0.2, 0) is 6.42 Å². The number of Topliss-reactive ketones (excluding diaryl/α,β-unsaturated/α-hetero) is 1. The largest absolute Gasteiger partial charge is 0.496 e. The molecule has 0 aliphatic rings. The van der Waals surface area contributed by atoms with E-state index >= 15 is 0 Å². The van der Waals surface area contributed by atoms with E-state index in [0.717, 1.165) is 27.6 Å². The van der Waals surface area contributed by atoms with E-state index in [4.69, 9.17) is 9.47 Å². The molecule has 140 valence electrons. The lowest BCUT2D eigenvalue weighted by atomic mass is 9.97. The van der Waals surface area contributed by atoms with Crippen LogP contribution in [0.2, 0.25) is 0 Å². The van der Waals surface area contributed by atoms with Crippen LogP contribution in [0.15, 0.2) is 72.9 Å². The molecule has 0 fully saturated rings. The van der Waals surface area contributed by atoms with Gasteiger partial charge in [0, 0.05) is 24.2 Å². The van der Waals surface area contributed by atoms with Gasteiger partial charge in [0.05, 0.1) is 30.7 Å². The van der Waals surface area contributed by atoms with E-state index in [1.165, 1.54) is 0 Å². The minimum Gasteiger partial charge on any atom is -0.496 e. The highest BCUT2D eigenvalue weighted by molar-refractivity contribution is 6.14. The standard InChI is InChI=1S/C24H21NO3/c1-27-20-14-21(28-2)23(19(26)13-16-9-5-3-6-10-16)24-22(20)18(15-25-24)17-11-7-4-8-12-17/h3-12,14-15,25H,13H2,1-2H3. The normalized spacial score (nSPS) is 10.8. The highest BCUT2D eigenvalue weighted by Gasteiger charge is 2.23. The first-order valence-corrected chi connectivity index (χ1v) is 9.11. The maximum absolute atomic E-state index is 13.2. The number of aromatic amines is 1. The average molecular weight is 371 g/mol. The second kappa shape index (κ2) is 7.61. The quantitative estimate of drug-likeness (QED) is 0.469. The van der Waals surface area contributed by atoms with Gasteiger partial charge in [-0.1, -0.05) is 60.7 Å². The van der Waals surface area contributed by atoms with Crippen LogP contribution >= 0.6 is 0 Å². The van der Waals surface area contributed by atoms with E-state index in [2.05, 4.69) is 4.98 Å². The number of ether oxygens (including phenoxy) is 2. The number of aromatic nitrogens is 1. The Morgan fingerprint density at radius 3 is 2.18 bits per heavy atom. The van der Waals surface area contributed by atoms with Gasteiger partial charge < -0.3 is 14.5 Å². The van der Waals surface area contributed by atoms with Gasteiger partial charge in [-0.3, -0.25) is 4.79 Å². The zero-order valence-corrected chi connectivity index (χ0v) is 15.9. The molecule has 0 saturated carbocycles. The molecule has 4 rings (SSSR count). The first-order chi connectivity index (χ1) is 13.7. The highest BCUT2D eigenvalue weighted by atomic mass is 16.5. The number of carbonyl (C=O) groups is 1. The summed E-state index contributed by atoms with van der Waals surface area (Å²) in [4.78, 5) is 16.5. The van der Waals surface area contributed by atoms with E-state index in [0.29, 0.717) is 23.5 Å². The molecule has 4 nitrogen and oxygen atoms in total. The number of hydrogen-bond donors (Lipinski definition) is 1. The summed E-state index contributed by atoms with van der Waals surface area (Å²) in [7, 11) is 3.20. The minimum atomic E-state index is -0.00263.